The monoisotopic (exact) mass is 214 g/mol. The van der Waals surface area contributed by atoms with E-state index in [1.54, 1.807) is 0 Å². The molecule has 0 fully saturated rings. The van der Waals surface area contributed by atoms with E-state index in [1.807, 2.05) is 0 Å². The molecule has 1 unspecified atom stereocenters. The van der Waals surface area contributed by atoms with E-state index in [0.717, 1.165) is 18.4 Å². The van der Waals surface area contributed by atoms with Gasteiger partial charge in [0.1, 0.15) is 0 Å². The quantitative estimate of drug-likeness (QED) is 0.549. The molecule has 1 atom stereocenters. The highest BCUT2D eigenvalue weighted by Crippen LogP contribution is 2.09. The van der Waals surface area contributed by atoms with E-state index >= 15 is 0 Å². The molecule has 0 amide bonds. The van der Waals surface area contributed by atoms with Crippen LogP contribution in [0.3, 0.4) is 0 Å². The molecule has 2 nitrogen and oxygen atoms in total. The summed E-state index contributed by atoms with van der Waals surface area (Å²) in [6.07, 6.45) is 6.38. The Bertz CT molecular complexity index is 122. The van der Waals surface area contributed by atoms with E-state index in [9.17, 15) is 0 Å². The van der Waals surface area contributed by atoms with Crippen LogP contribution in [0.5, 0.6) is 0 Å². The van der Waals surface area contributed by atoms with Crippen molar-refractivity contribution in [3.63, 3.8) is 0 Å². The lowest BCUT2D eigenvalue weighted by atomic mass is 10.0. The normalized spacial score (nSPS) is 13.4. The van der Waals surface area contributed by atoms with Gasteiger partial charge < -0.3 is 11.1 Å². The van der Waals surface area contributed by atoms with E-state index < -0.39 is 0 Å². The summed E-state index contributed by atoms with van der Waals surface area (Å²) in [6, 6.07) is 0. The van der Waals surface area contributed by atoms with E-state index in [0.29, 0.717) is 0 Å². The molecule has 0 aromatic carbocycles. The summed E-state index contributed by atoms with van der Waals surface area (Å²) in [4.78, 5) is 0. The minimum absolute atomic E-state index is 0.796. The molecule has 0 saturated heterocycles. The van der Waals surface area contributed by atoms with Gasteiger partial charge in [-0.15, -0.1) is 0 Å². The molecule has 0 spiro atoms. The second kappa shape index (κ2) is 10.4. The molecule has 3 N–H and O–H groups in total. The second-order valence-electron chi connectivity index (χ2n) is 4.71. The molecule has 0 saturated carbocycles. The molecule has 0 aliphatic heterocycles. The number of rotatable bonds is 10. The average molecular weight is 214 g/mol. The standard InChI is InChI=1S/C13H30N2/c1-4-13(5-2)11-15-10-6-7-12(3)8-9-14/h12-13,15H,4-11,14H2,1-3H3. The maximum absolute atomic E-state index is 5.52. The van der Waals surface area contributed by atoms with Gasteiger partial charge in [-0.05, 0) is 50.7 Å². The summed E-state index contributed by atoms with van der Waals surface area (Å²) < 4.78 is 0. The number of hydrogen-bond acceptors (Lipinski definition) is 2. The van der Waals surface area contributed by atoms with Gasteiger partial charge in [0.2, 0.25) is 0 Å². The first-order valence-electron chi connectivity index (χ1n) is 6.65. The van der Waals surface area contributed by atoms with Crippen LogP contribution in [0.2, 0.25) is 0 Å². The molecule has 0 rings (SSSR count). The smallest absolute Gasteiger partial charge is 0.00207 e. The van der Waals surface area contributed by atoms with Gasteiger partial charge in [-0.25, -0.2) is 0 Å². The van der Waals surface area contributed by atoms with Crippen molar-refractivity contribution in [1.82, 2.24) is 5.32 Å². The summed E-state index contributed by atoms with van der Waals surface area (Å²) in [5, 5.41) is 3.55. The van der Waals surface area contributed by atoms with Crippen molar-refractivity contribution < 1.29 is 0 Å². The van der Waals surface area contributed by atoms with Crippen LogP contribution < -0.4 is 11.1 Å². The van der Waals surface area contributed by atoms with Gasteiger partial charge in [0.05, 0.1) is 0 Å². The van der Waals surface area contributed by atoms with Crippen molar-refractivity contribution >= 4 is 0 Å². The Morgan fingerprint density at radius 3 is 2.33 bits per heavy atom. The number of nitrogens with one attached hydrogen (secondary N) is 1. The van der Waals surface area contributed by atoms with Crippen LogP contribution >= 0.6 is 0 Å². The number of nitrogens with two attached hydrogens (primary N) is 1. The minimum Gasteiger partial charge on any atom is -0.330 e. The van der Waals surface area contributed by atoms with Gasteiger partial charge in [-0.1, -0.05) is 33.6 Å². The third-order valence-corrected chi connectivity index (χ3v) is 3.30. The predicted octanol–water partition coefficient (Wildman–Crippen LogP) is 2.78. The zero-order chi connectivity index (χ0) is 11.5. The van der Waals surface area contributed by atoms with Crippen LogP contribution in [0.25, 0.3) is 0 Å². The van der Waals surface area contributed by atoms with Crippen LogP contribution in [0.15, 0.2) is 0 Å². The highest BCUT2D eigenvalue weighted by Gasteiger charge is 2.03. The second-order valence-corrected chi connectivity index (χ2v) is 4.71. The molecule has 0 aliphatic carbocycles. The highest BCUT2D eigenvalue weighted by molar-refractivity contribution is 4.60. The Morgan fingerprint density at radius 2 is 1.80 bits per heavy atom. The molecule has 0 bridgehead atoms. The lowest BCUT2D eigenvalue weighted by molar-refractivity contribution is 0.426. The minimum atomic E-state index is 0.796. The van der Waals surface area contributed by atoms with Crippen LogP contribution in [0.1, 0.15) is 52.9 Å². The lowest BCUT2D eigenvalue weighted by Crippen LogP contribution is -2.23. The molecular formula is C13H30N2. The van der Waals surface area contributed by atoms with Crippen molar-refractivity contribution in [1.29, 1.82) is 0 Å². The molecule has 0 radical (unpaired) electrons. The Kier molecular flexibility index (Phi) is 10.4. The van der Waals surface area contributed by atoms with Crippen molar-refractivity contribution in [2.75, 3.05) is 19.6 Å². The molecule has 0 aliphatic rings. The topological polar surface area (TPSA) is 38.0 Å². The van der Waals surface area contributed by atoms with Crippen LogP contribution in [-0.4, -0.2) is 19.6 Å². The summed E-state index contributed by atoms with van der Waals surface area (Å²) in [6.45, 7) is 10.1. The molecule has 92 valence electrons. The van der Waals surface area contributed by atoms with Crippen molar-refractivity contribution in [3.05, 3.63) is 0 Å². The van der Waals surface area contributed by atoms with Gasteiger partial charge in [-0.3, -0.25) is 0 Å². The average Bonchev–Trinajstić information content (AvgIpc) is 2.24. The third kappa shape index (κ3) is 8.88. The first kappa shape index (κ1) is 14.9. The van der Waals surface area contributed by atoms with Crippen molar-refractivity contribution in [2.24, 2.45) is 17.6 Å². The maximum atomic E-state index is 5.52. The van der Waals surface area contributed by atoms with E-state index in [2.05, 4.69) is 26.1 Å². The van der Waals surface area contributed by atoms with E-state index in [1.165, 1.54) is 45.2 Å². The molecule has 2 heteroatoms. The third-order valence-electron chi connectivity index (χ3n) is 3.30. The first-order chi connectivity index (χ1) is 7.24. The summed E-state index contributed by atoms with van der Waals surface area (Å²) >= 11 is 0. The molecule has 15 heavy (non-hydrogen) atoms. The van der Waals surface area contributed by atoms with Crippen LogP contribution in [-0.2, 0) is 0 Å². The Labute approximate surface area is 96.0 Å². The van der Waals surface area contributed by atoms with Gasteiger partial charge >= 0.3 is 0 Å². The SMILES string of the molecule is CCC(CC)CNCCCC(C)CCN. The maximum Gasteiger partial charge on any atom is -0.00207 e. The van der Waals surface area contributed by atoms with E-state index in [-0.39, 0.29) is 0 Å². The Morgan fingerprint density at radius 1 is 1.13 bits per heavy atom. The Hall–Kier alpha value is -0.0800. The Balaban J connectivity index is 3.23. The molecule has 0 aromatic heterocycles. The fourth-order valence-electron chi connectivity index (χ4n) is 1.89. The molecule has 0 heterocycles. The summed E-state index contributed by atoms with van der Waals surface area (Å²) in [5.74, 6) is 1.66. The summed E-state index contributed by atoms with van der Waals surface area (Å²) in [5.41, 5.74) is 5.52. The van der Waals surface area contributed by atoms with E-state index in [4.69, 9.17) is 5.73 Å². The van der Waals surface area contributed by atoms with Crippen LogP contribution in [0.4, 0.5) is 0 Å². The molecular weight excluding hydrogens is 184 g/mol. The molecule has 0 aromatic rings. The zero-order valence-corrected chi connectivity index (χ0v) is 10.9. The van der Waals surface area contributed by atoms with Gasteiger partial charge in [0, 0.05) is 0 Å². The zero-order valence-electron chi connectivity index (χ0n) is 10.9. The fourth-order valence-corrected chi connectivity index (χ4v) is 1.89. The largest absolute Gasteiger partial charge is 0.330 e. The predicted molar refractivity (Wildman–Crippen MR) is 69.0 cm³/mol. The van der Waals surface area contributed by atoms with Gasteiger partial charge in [0.25, 0.3) is 0 Å². The van der Waals surface area contributed by atoms with Gasteiger partial charge in [-0.2, -0.15) is 0 Å². The fraction of sp³-hybridized carbons (Fsp3) is 1.00. The van der Waals surface area contributed by atoms with Crippen molar-refractivity contribution in [3.8, 4) is 0 Å². The van der Waals surface area contributed by atoms with Crippen molar-refractivity contribution in [2.45, 2.75) is 52.9 Å². The summed E-state index contributed by atoms with van der Waals surface area (Å²) in [7, 11) is 0. The van der Waals surface area contributed by atoms with Crippen LogP contribution in [0, 0.1) is 11.8 Å². The van der Waals surface area contributed by atoms with Gasteiger partial charge in [0.15, 0.2) is 0 Å². The number of hydrogen-bond donors (Lipinski definition) is 2. The highest BCUT2D eigenvalue weighted by atomic mass is 14.8. The lowest BCUT2D eigenvalue weighted by Gasteiger charge is -2.14. The first-order valence-corrected chi connectivity index (χ1v) is 6.65.